The van der Waals surface area contributed by atoms with E-state index in [1.54, 1.807) is 0 Å². The summed E-state index contributed by atoms with van der Waals surface area (Å²) in [5, 5.41) is 0. The van der Waals surface area contributed by atoms with Gasteiger partial charge in [-0.05, 0) is 79.5 Å². The molecule has 1 fully saturated rings. The molecule has 0 aliphatic carbocycles. The number of hydrogen-bond donors (Lipinski definition) is 0. The third kappa shape index (κ3) is 6.98. The Kier molecular flexibility index (Phi) is 7.82. The molecule has 0 saturated carbocycles. The van der Waals surface area contributed by atoms with E-state index >= 15 is 0 Å². The van der Waals surface area contributed by atoms with Crippen molar-refractivity contribution >= 4 is 22.6 Å². The van der Waals surface area contributed by atoms with Crippen molar-refractivity contribution in [3.63, 3.8) is 0 Å². The lowest BCUT2D eigenvalue weighted by Gasteiger charge is -2.14. The van der Waals surface area contributed by atoms with Crippen LogP contribution < -0.4 is 4.74 Å². The first kappa shape index (κ1) is 17.0. The van der Waals surface area contributed by atoms with E-state index in [1.807, 2.05) is 12.1 Å². The van der Waals surface area contributed by atoms with Crippen LogP contribution in [0.5, 0.6) is 5.75 Å². The van der Waals surface area contributed by atoms with Crippen LogP contribution in [0.3, 0.4) is 0 Å². The summed E-state index contributed by atoms with van der Waals surface area (Å²) in [4.78, 5) is 0. The predicted molar refractivity (Wildman–Crippen MR) is 92.6 cm³/mol. The summed E-state index contributed by atoms with van der Waals surface area (Å²) >= 11 is 2.31. The molecule has 1 atom stereocenters. The van der Waals surface area contributed by atoms with Crippen LogP contribution >= 0.6 is 22.6 Å². The first-order valence-corrected chi connectivity index (χ1v) is 8.97. The Labute approximate surface area is 141 Å². The summed E-state index contributed by atoms with van der Waals surface area (Å²) in [6.07, 6.45) is 7.42. The summed E-state index contributed by atoms with van der Waals surface area (Å²) in [5.74, 6) is 0.971. The lowest BCUT2D eigenvalue weighted by Crippen LogP contribution is -2.11. The minimum Gasteiger partial charge on any atom is -0.491 e. The third-order valence-corrected chi connectivity index (χ3v) is 4.36. The van der Waals surface area contributed by atoms with Crippen molar-refractivity contribution in [1.29, 1.82) is 0 Å². The lowest BCUT2D eigenvalue weighted by atomic mass is 10.1. The van der Waals surface area contributed by atoms with Crippen LogP contribution in [0.15, 0.2) is 24.3 Å². The standard InChI is InChI=1S/C17H25IO3/c1-14(21-16-10-8-15(18)9-11-16)6-4-2-3-5-7-17-19-12-13-20-17/h8-11,14,17H,2-7,12-13H2,1H3. The topological polar surface area (TPSA) is 27.7 Å². The molecule has 118 valence electrons. The van der Waals surface area contributed by atoms with Gasteiger partial charge in [0.1, 0.15) is 5.75 Å². The SMILES string of the molecule is CC(CCCCCCC1OCCO1)Oc1ccc(I)cc1. The van der Waals surface area contributed by atoms with E-state index in [0.717, 1.165) is 31.8 Å². The van der Waals surface area contributed by atoms with Crippen LogP contribution in [0.1, 0.15) is 45.4 Å². The van der Waals surface area contributed by atoms with Crippen molar-refractivity contribution in [3.05, 3.63) is 27.8 Å². The van der Waals surface area contributed by atoms with Crippen LogP contribution in [-0.2, 0) is 9.47 Å². The second-order valence-corrected chi connectivity index (χ2v) is 6.79. The minimum absolute atomic E-state index is 0.0631. The second-order valence-electron chi connectivity index (χ2n) is 5.55. The van der Waals surface area contributed by atoms with Crippen LogP contribution in [0, 0.1) is 3.57 Å². The minimum atomic E-state index is 0.0631. The molecule has 1 unspecified atom stereocenters. The summed E-state index contributed by atoms with van der Waals surface area (Å²) in [7, 11) is 0. The Morgan fingerprint density at radius 3 is 2.48 bits per heavy atom. The maximum absolute atomic E-state index is 5.91. The normalized spacial score (nSPS) is 17.0. The molecule has 0 aromatic heterocycles. The van der Waals surface area contributed by atoms with E-state index in [-0.39, 0.29) is 12.4 Å². The molecule has 0 bridgehead atoms. The fourth-order valence-electron chi connectivity index (χ4n) is 2.47. The summed E-state index contributed by atoms with van der Waals surface area (Å²) in [6, 6.07) is 8.24. The summed E-state index contributed by atoms with van der Waals surface area (Å²) in [6.45, 7) is 3.67. The molecule has 4 heteroatoms. The van der Waals surface area contributed by atoms with Crippen LogP contribution in [0.2, 0.25) is 0 Å². The third-order valence-electron chi connectivity index (χ3n) is 3.64. The Morgan fingerprint density at radius 1 is 1.10 bits per heavy atom. The average Bonchev–Trinajstić information content (AvgIpc) is 2.98. The van der Waals surface area contributed by atoms with Crippen molar-refractivity contribution in [2.45, 2.75) is 57.8 Å². The summed E-state index contributed by atoms with van der Waals surface area (Å²) < 4.78 is 18.0. The highest BCUT2D eigenvalue weighted by molar-refractivity contribution is 14.1. The van der Waals surface area contributed by atoms with Crippen molar-refractivity contribution in [2.24, 2.45) is 0 Å². The van der Waals surface area contributed by atoms with Gasteiger partial charge in [0, 0.05) is 3.57 Å². The van der Waals surface area contributed by atoms with E-state index in [2.05, 4.69) is 41.6 Å². The Morgan fingerprint density at radius 2 is 1.76 bits per heavy atom. The maximum Gasteiger partial charge on any atom is 0.157 e. The molecule has 0 N–H and O–H groups in total. The van der Waals surface area contributed by atoms with Crippen LogP contribution in [0.4, 0.5) is 0 Å². The molecule has 2 rings (SSSR count). The van der Waals surface area contributed by atoms with E-state index in [1.165, 1.54) is 29.3 Å². The van der Waals surface area contributed by atoms with Crippen molar-refractivity contribution in [3.8, 4) is 5.75 Å². The van der Waals surface area contributed by atoms with Gasteiger partial charge >= 0.3 is 0 Å². The van der Waals surface area contributed by atoms with E-state index in [0.29, 0.717) is 0 Å². The van der Waals surface area contributed by atoms with E-state index in [9.17, 15) is 0 Å². The smallest absolute Gasteiger partial charge is 0.157 e. The lowest BCUT2D eigenvalue weighted by molar-refractivity contribution is -0.0480. The van der Waals surface area contributed by atoms with E-state index in [4.69, 9.17) is 14.2 Å². The molecule has 1 aliphatic rings. The molecular formula is C17H25IO3. The molecule has 21 heavy (non-hydrogen) atoms. The van der Waals surface area contributed by atoms with Crippen molar-refractivity contribution < 1.29 is 14.2 Å². The van der Waals surface area contributed by atoms with Gasteiger partial charge in [-0.3, -0.25) is 0 Å². The van der Waals surface area contributed by atoms with Gasteiger partial charge in [0.05, 0.1) is 19.3 Å². The van der Waals surface area contributed by atoms with Crippen LogP contribution in [0.25, 0.3) is 0 Å². The number of benzene rings is 1. The second kappa shape index (κ2) is 9.64. The molecule has 0 amide bonds. The summed E-state index contributed by atoms with van der Waals surface area (Å²) in [5.41, 5.74) is 0. The molecule has 1 heterocycles. The van der Waals surface area contributed by atoms with Gasteiger partial charge in [-0.25, -0.2) is 0 Å². The molecule has 0 radical (unpaired) electrons. The average molecular weight is 404 g/mol. The monoisotopic (exact) mass is 404 g/mol. The predicted octanol–water partition coefficient (Wildman–Crippen LogP) is 4.77. The largest absolute Gasteiger partial charge is 0.491 e. The highest BCUT2D eigenvalue weighted by atomic mass is 127. The number of unbranched alkanes of at least 4 members (excludes halogenated alkanes) is 3. The fourth-order valence-corrected chi connectivity index (χ4v) is 2.83. The zero-order valence-corrected chi connectivity index (χ0v) is 14.9. The Bertz CT molecular complexity index is 388. The molecule has 0 spiro atoms. The number of halogens is 1. The molecule has 1 aliphatic heterocycles. The number of ether oxygens (including phenoxy) is 3. The number of hydrogen-bond acceptors (Lipinski definition) is 3. The number of rotatable bonds is 9. The molecular weight excluding hydrogens is 379 g/mol. The van der Waals surface area contributed by atoms with Crippen LogP contribution in [-0.4, -0.2) is 25.6 Å². The van der Waals surface area contributed by atoms with Gasteiger partial charge in [-0.2, -0.15) is 0 Å². The van der Waals surface area contributed by atoms with Crippen molar-refractivity contribution in [2.75, 3.05) is 13.2 Å². The first-order chi connectivity index (χ1) is 10.2. The maximum atomic E-state index is 5.91. The van der Waals surface area contributed by atoms with Gasteiger partial charge in [0.25, 0.3) is 0 Å². The van der Waals surface area contributed by atoms with Gasteiger partial charge in [-0.15, -0.1) is 0 Å². The first-order valence-electron chi connectivity index (χ1n) is 7.89. The molecule has 3 nitrogen and oxygen atoms in total. The zero-order valence-electron chi connectivity index (χ0n) is 12.7. The van der Waals surface area contributed by atoms with Gasteiger partial charge in [-0.1, -0.05) is 12.8 Å². The Balaban J connectivity index is 1.48. The quantitative estimate of drug-likeness (QED) is 0.438. The van der Waals surface area contributed by atoms with Gasteiger partial charge in [0.2, 0.25) is 0 Å². The highest BCUT2D eigenvalue weighted by Crippen LogP contribution is 2.18. The molecule has 1 aromatic rings. The van der Waals surface area contributed by atoms with E-state index < -0.39 is 0 Å². The zero-order chi connectivity index (χ0) is 14.9. The van der Waals surface area contributed by atoms with Crippen molar-refractivity contribution in [1.82, 2.24) is 0 Å². The highest BCUT2D eigenvalue weighted by Gasteiger charge is 2.14. The van der Waals surface area contributed by atoms with Gasteiger partial charge in [0.15, 0.2) is 6.29 Å². The molecule has 1 saturated heterocycles. The Hall–Kier alpha value is -0.330. The fraction of sp³-hybridized carbons (Fsp3) is 0.647. The van der Waals surface area contributed by atoms with Gasteiger partial charge < -0.3 is 14.2 Å². The molecule has 1 aromatic carbocycles.